The molecule has 0 radical (unpaired) electrons. The molecule has 1 fully saturated rings. The molecule has 0 bridgehead atoms. The van der Waals surface area contributed by atoms with Gasteiger partial charge in [0.2, 0.25) is 5.91 Å². The standard InChI is InChI=1S/C14H19NO/c1-10-4-5-11(2)12(8-10)14(3)7-6-13(16)15-9-14/h4-5,8H,6-7,9H2,1-3H3,(H,15,16). The van der Waals surface area contributed by atoms with Gasteiger partial charge in [-0.2, -0.15) is 0 Å². The molecule has 1 unspecified atom stereocenters. The van der Waals surface area contributed by atoms with Gasteiger partial charge >= 0.3 is 0 Å². The molecule has 1 N–H and O–H groups in total. The van der Waals surface area contributed by atoms with Gasteiger partial charge in [0.25, 0.3) is 0 Å². The predicted octanol–water partition coefficient (Wildman–Crippen LogP) is 2.47. The first kappa shape index (κ1) is 11.2. The summed E-state index contributed by atoms with van der Waals surface area (Å²) in [7, 11) is 0. The molecule has 1 aliphatic rings. The zero-order valence-electron chi connectivity index (χ0n) is 10.3. The predicted molar refractivity (Wildman–Crippen MR) is 65.5 cm³/mol. The molecule has 1 amide bonds. The van der Waals surface area contributed by atoms with E-state index in [-0.39, 0.29) is 11.3 Å². The number of hydrogen-bond acceptors (Lipinski definition) is 1. The molecule has 1 atom stereocenters. The summed E-state index contributed by atoms with van der Waals surface area (Å²) in [4.78, 5) is 11.2. The number of carbonyl (C=O) groups is 1. The highest BCUT2D eigenvalue weighted by Crippen LogP contribution is 2.33. The van der Waals surface area contributed by atoms with Gasteiger partial charge in [-0.3, -0.25) is 4.79 Å². The third-order valence-electron chi connectivity index (χ3n) is 3.62. The fourth-order valence-corrected chi connectivity index (χ4v) is 2.48. The Hall–Kier alpha value is -1.31. The van der Waals surface area contributed by atoms with Gasteiger partial charge in [-0.05, 0) is 31.4 Å². The van der Waals surface area contributed by atoms with Crippen LogP contribution in [0.4, 0.5) is 0 Å². The molecule has 1 aliphatic heterocycles. The number of amides is 1. The average molecular weight is 217 g/mol. The normalized spacial score (nSPS) is 25.3. The van der Waals surface area contributed by atoms with E-state index < -0.39 is 0 Å². The summed E-state index contributed by atoms with van der Waals surface area (Å²) in [6, 6.07) is 6.57. The zero-order valence-corrected chi connectivity index (χ0v) is 10.3. The number of hydrogen-bond donors (Lipinski definition) is 1. The molecule has 0 aliphatic carbocycles. The Balaban J connectivity index is 2.35. The molecule has 2 nitrogen and oxygen atoms in total. The van der Waals surface area contributed by atoms with E-state index >= 15 is 0 Å². The van der Waals surface area contributed by atoms with Gasteiger partial charge in [0.1, 0.15) is 0 Å². The Morgan fingerprint density at radius 3 is 2.69 bits per heavy atom. The van der Waals surface area contributed by atoms with E-state index in [4.69, 9.17) is 0 Å². The van der Waals surface area contributed by atoms with Gasteiger partial charge in [0.05, 0.1) is 0 Å². The van der Waals surface area contributed by atoms with Crippen molar-refractivity contribution >= 4 is 5.91 Å². The molecular formula is C14H19NO. The highest BCUT2D eigenvalue weighted by Gasteiger charge is 2.32. The number of piperidine rings is 1. The number of aryl methyl sites for hydroxylation is 2. The molecule has 1 saturated heterocycles. The van der Waals surface area contributed by atoms with Crippen LogP contribution in [0.1, 0.15) is 36.5 Å². The molecule has 0 spiro atoms. The van der Waals surface area contributed by atoms with Crippen molar-refractivity contribution in [2.75, 3.05) is 6.54 Å². The number of benzene rings is 1. The molecule has 1 aromatic carbocycles. The molecule has 0 aromatic heterocycles. The van der Waals surface area contributed by atoms with Crippen molar-refractivity contribution in [3.05, 3.63) is 34.9 Å². The fourth-order valence-electron chi connectivity index (χ4n) is 2.48. The van der Waals surface area contributed by atoms with Crippen LogP contribution >= 0.6 is 0 Å². The van der Waals surface area contributed by atoms with Crippen molar-refractivity contribution < 1.29 is 4.79 Å². The summed E-state index contributed by atoms with van der Waals surface area (Å²) in [5.74, 6) is 0.183. The molecule has 2 rings (SSSR count). The first-order chi connectivity index (χ1) is 7.51. The van der Waals surface area contributed by atoms with Crippen LogP contribution in [0.25, 0.3) is 0 Å². The number of carbonyl (C=O) groups excluding carboxylic acids is 1. The second-order valence-corrected chi connectivity index (χ2v) is 5.16. The lowest BCUT2D eigenvalue weighted by atomic mass is 9.74. The van der Waals surface area contributed by atoms with Crippen molar-refractivity contribution in [1.29, 1.82) is 0 Å². The van der Waals surface area contributed by atoms with Crippen molar-refractivity contribution in [1.82, 2.24) is 5.32 Å². The van der Waals surface area contributed by atoms with Gasteiger partial charge in [-0.1, -0.05) is 30.7 Å². The lowest BCUT2D eigenvalue weighted by Crippen LogP contribution is -2.44. The number of rotatable bonds is 1. The Morgan fingerprint density at radius 2 is 2.06 bits per heavy atom. The van der Waals surface area contributed by atoms with Gasteiger partial charge < -0.3 is 5.32 Å². The van der Waals surface area contributed by atoms with Crippen LogP contribution < -0.4 is 5.32 Å². The summed E-state index contributed by atoms with van der Waals surface area (Å²) in [6.07, 6.45) is 1.59. The van der Waals surface area contributed by atoms with Crippen molar-refractivity contribution in [3.8, 4) is 0 Å². The van der Waals surface area contributed by atoms with Crippen molar-refractivity contribution in [2.45, 2.75) is 39.0 Å². The second kappa shape index (κ2) is 3.93. The third kappa shape index (κ3) is 1.97. The van der Waals surface area contributed by atoms with Gasteiger partial charge in [0, 0.05) is 18.4 Å². The lowest BCUT2D eigenvalue weighted by molar-refractivity contribution is -0.123. The van der Waals surface area contributed by atoms with E-state index in [9.17, 15) is 4.79 Å². The zero-order chi connectivity index (χ0) is 11.8. The molecular weight excluding hydrogens is 198 g/mol. The highest BCUT2D eigenvalue weighted by atomic mass is 16.1. The first-order valence-corrected chi connectivity index (χ1v) is 5.86. The molecule has 86 valence electrons. The number of nitrogens with one attached hydrogen (secondary N) is 1. The topological polar surface area (TPSA) is 29.1 Å². The van der Waals surface area contributed by atoms with Gasteiger partial charge in [0.15, 0.2) is 0 Å². The largest absolute Gasteiger partial charge is 0.355 e. The van der Waals surface area contributed by atoms with E-state index in [1.165, 1.54) is 16.7 Å². The summed E-state index contributed by atoms with van der Waals surface area (Å²) in [5, 5.41) is 2.98. The van der Waals surface area contributed by atoms with Crippen LogP contribution in [-0.4, -0.2) is 12.5 Å². The SMILES string of the molecule is Cc1ccc(C)c(C2(C)CCC(=O)NC2)c1. The Kier molecular flexibility index (Phi) is 2.75. The van der Waals surface area contributed by atoms with Crippen LogP contribution in [0, 0.1) is 13.8 Å². The first-order valence-electron chi connectivity index (χ1n) is 5.86. The maximum atomic E-state index is 11.2. The van der Waals surface area contributed by atoms with E-state index in [0.717, 1.165) is 13.0 Å². The lowest BCUT2D eigenvalue weighted by Gasteiger charge is -2.35. The summed E-state index contributed by atoms with van der Waals surface area (Å²) < 4.78 is 0. The minimum atomic E-state index is 0.101. The highest BCUT2D eigenvalue weighted by molar-refractivity contribution is 5.77. The monoisotopic (exact) mass is 217 g/mol. The Morgan fingerprint density at radius 1 is 1.31 bits per heavy atom. The van der Waals surface area contributed by atoms with Crippen LogP contribution in [-0.2, 0) is 10.2 Å². The Labute approximate surface area is 97.1 Å². The molecule has 1 aromatic rings. The third-order valence-corrected chi connectivity index (χ3v) is 3.62. The fraction of sp³-hybridized carbons (Fsp3) is 0.500. The van der Waals surface area contributed by atoms with Crippen LogP contribution in [0.3, 0.4) is 0 Å². The minimum Gasteiger partial charge on any atom is -0.355 e. The maximum absolute atomic E-state index is 11.2. The van der Waals surface area contributed by atoms with E-state index in [0.29, 0.717) is 6.42 Å². The van der Waals surface area contributed by atoms with Gasteiger partial charge in [-0.15, -0.1) is 0 Å². The van der Waals surface area contributed by atoms with Gasteiger partial charge in [-0.25, -0.2) is 0 Å². The van der Waals surface area contributed by atoms with E-state index in [1.54, 1.807) is 0 Å². The molecule has 0 saturated carbocycles. The molecule has 2 heteroatoms. The van der Waals surface area contributed by atoms with E-state index in [1.807, 2.05) is 0 Å². The summed E-state index contributed by atoms with van der Waals surface area (Å²) >= 11 is 0. The maximum Gasteiger partial charge on any atom is 0.220 e. The quantitative estimate of drug-likeness (QED) is 0.769. The smallest absolute Gasteiger partial charge is 0.220 e. The molecule has 16 heavy (non-hydrogen) atoms. The summed E-state index contributed by atoms with van der Waals surface area (Å²) in [6.45, 7) is 7.27. The molecule has 1 heterocycles. The summed E-state index contributed by atoms with van der Waals surface area (Å²) in [5.41, 5.74) is 4.10. The van der Waals surface area contributed by atoms with Crippen LogP contribution in [0.5, 0.6) is 0 Å². The average Bonchev–Trinajstić information content (AvgIpc) is 2.26. The van der Waals surface area contributed by atoms with Crippen molar-refractivity contribution in [3.63, 3.8) is 0 Å². The van der Waals surface area contributed by atoms with E-state index in [2.05, 4.69) is 44.3 Å². The minimum absolute atomic E-state index is 0.101. The van der Waals surface area contributed by atoms with Crippen LogP contribution in [0.2, 0.25) is 0 Å². The van der Waals surface area contributed by atoms with Crippen LogP contribution in [0.15, 0.2) is 18.2 Å². The Bertz CT molecular complexity index is 413. The van der Waals surface area contributed by atoms with Crippen molar-refractivity contribution in [2.24, 2.45) is 0 Å². The second-order valence-electron chi connectivity index (χ2n) is 5.16.